The predicted molar refractivity (Wildman–Crippen MR) is 107 cm³/mol. The van der Waals surface area contributed by atoms with Crippen molar-refractivity contribution in [1.82, 2.24) is 5.32 Å². The van der Waals surface area contributed by atoms with Crippen LogP contribution >= 0.6 is 0 Å². The highest BCUT2D eigenvalue weighted by Gasteiger charge is 2.24. The maximum absolute atomic E-state index is 11.5. The molecule has 4 N–H and O–H groups in total. The standard InChI is InChI=1S/C20H32N2O6/c1-5-8-27-18-12-15(26-10-9-25-4)6-7-17(18)28-13-16(23)20(21)14(2)11-19(24)22-3/h5-7,12,14,16,20,23H,1,8-11,13,21H2,2-4H3,(H,22,24). The summed E-state index contributed by atoms with van der Waals surface area (Å²) in [5.41, 5.74) is 6.05. The Kier molecular flexibility index (Phi) is 11.0. The Balaban J connectivity index is 2.71. The van der Waals surface area contributed by atoms with Crippen LogP contribution in [0.5, 0.6) is 17.2 Å². The normalized spacial score (nSPS) is 13.9. The third-order valence-corrected chi connectivity index (χ3v) is 4.13. The van der Waals surface area contributed by atoms with E-state index in [1.807, 2.05) is 6.92 Å². The summed E-state index contributed by atoms with van der Waals surface area (Å²) in [6.45, 7) is 6.59. The molecule has 1 aromatic rings. The van der Waals surface area contributed by atoms with E-state index in [2.05, 4.69) is 11.9 Å². The lowest BCUT2D eigenvalue weighted by Gasteiger charge is -2.25. The maximum atomic E-state index is 11.5. The molecule has 0 radical (unpaired) electrons. The lowest BCUT2D eigenvalue weighted by Crippen LogP contribution is -2.44. The van der Waals surface area contributed by atoms with Crippen molar-refractivity contribution in [3.05, 3.63) is 30.9 Å². The largest absolute Gasteiger partial charge is 0.491 e. The van der Waals surface area contributed by atoms with Crippen molar-refractivity contribution >= 4 is 5.91 Å². The van der Waals surface area contributed by atoms with Crippen LogP contribution in [0, 0.1) is 5.92 Å². The van der Waals surface area contributed by atoms with E-state index in [0.29, 0.717) is 37.1 Å². The summed E-state index contributed by atoms with van der Waals surface area (Å²) in [6.07, 6.45) is 0.910. The van der Waals surface area contributed by atoms with Gasteiger partial charge in [-0.05, 0) is 18.1 Å². The minimum Gasteiger partial charge on any atom is -0.491 e. The molecule has 0 aliphatic heterocycles. The zero-order valence-corrected chi connectivity index (χ0v) is 16.8. The fourth-order valence-corrected chi connectivity index (χ4v) is 2.40. The number of amides is 1. The zero-order chi connectivity index (χ0) is 20.9. The molecular formula is C20H32N2O6. The van der Waals surface area contributed by atoms with Gasteiger partial charge in [0.2, 0.25) is 5.91 Å². The minimum absolute atomic E-state index is 0.0341. The van der Waals surface area contributed by atoms with E-state index in [1.54, 1.807) is 38.4 Å². The highest BCUT2D eigenvalue weighted by atomic mass is 16.5. The van der Waals surface area contributed by atoms with Crippen LogP contribution in [0.2, 0.25) is 0 Å². The van der Waals surface area contributed by atoms with E-state index in [1.165, 1.54) is 0 Å². The van der Waals surface area contributed by atoms with E-state index in [-0.39, 0.29) is 24.9 Å². The monoisotopic (exact) mass is 396 g/mol. The molecule has 28 heavy (non-hydrogen) atoms. The van der Waals surface area contributed by atoms with Gasteiger partial charge < -0.3 is 35.1 Å². The summed E-state index contributed by atoms with van der Waals surface area (Å²) in [5.74, 6) is 1.20. The zero-order valence-electron chi connectivity index (χ0n) is 16.8. The SMILES string of the molecule is C=CCOc1cc(OCCOC)ccc1OCC(O)C(N)C(C)CC(=O)NC. The first-order valence-corrected chi connectivity index (χ1v) is 9.19. The summed E-state index contributed by atoms with van der Waals surface area (Å²) in [5, 5.41) is 12.9. The van der Waals surface area contributed by atoms with Gasteiger partial charge in [0.15, 0.2) is 11.5 Å². The van der Waals surface area contributed by atoms with Gasteiger partial charge in [0.1, 0.15) is 31.7 Å². The van der Waals surface area contributed by atoms with E-state index in [0.717, 1.165) is 0 Å². The smallest absolute Gasteiger partial charge is 0.220 e. The van der Waals surface area contributed by atoms with Crippen molar-refractivity contribution in [3.8, 4) is 17.2 Å². The van der Waals surface area contributed by atoms with Gasteiger partial charge in [0.25, 0.3) is 0 Å². The number of aliphatic hydroxyl groups is 1. The highest BCUT2D eigenvalue weighted by Crippen LogP contribution is 2.32. The summed E-state index contributed by atoms with van der Waals surface area (Å²) in [7, 11) is 3.16. The molecule has 3 unspecified atom stereocenters. The van der Waals surface area contributed by atoms with Gasteiger partial charge in [-0.25, -0.2) is 0 Å². The molecule has 158 valence electrons. The second-order valence-electron chi connectivity index (χ2n) is 6.36. The number of hydrogen-bond acceptors (Lipinski definition) is 7. The molecule has 3 atom stereocenters. The number of carbonyl (C=O) groups is 1. The number of methoxy groups -OCH3 is 1. The molecule has 0 aliphatic rings. The Labute approximate surface area is 166 Å². The second kappa shape index (κ2) is 13.0. The predicted octanol–water partition coefficient (Wildman–Crippen LogP) is 1.12. The number of ether oxygens (including phenoxy) is 4. The fourth-order valence-electron chi connectivity index (χ4n) is 2.40. The summed E-state index contributed by atoms with van der Waals surface area (Å²) < 4.78 is 21.9. The first-order valence-electron chi connectivity index (χ1n) is 9.19. The van der Waals surface area contributed by atoms with Crippen molar-refractivity contribution in [2.75, 3.05) is 40.6 Å². The number of nitrogens with one attached hydrogen (secondary N) is 1. The van der Waals surface area contributed by atoms with Crippen molar-refractivity contribution in [2.24, 2.45) is 11.7 Å². The van der Waals surface area contributed by atoms with Crippen molar-refractivity contribution in [3.63, 3.8) is 0 Å². The molecule has 1 rings (SSSR count). The van der Waals surface area contributed by atoms with Gasteiger partial charge in [0.05, 0.1) is 6.61 Å². The van der Waals surface area contributed by atoms with Crippen LogP contribution in [-0.2, 0) is 9.53 Å². The molecule has 0 spiro atoms. The molecule has 0 aliphatic carbocycles. The Morgan fingerprint density at radius 1 is 1.29 bits per heavy atom. The fraction of sp³-hybridized carbons (Fsp3) is 0.550. The van der Waals surface area contributed by atoms with Gasteiger partial charge in [0, 0.05) is 32.7 Å². The maximum Gasteiger partial charge on any atom is 0.220 e. The van der Waals surface area contributed by atoms with E-state index in [4.69, 9.17) is 24.7 Å². The van der Waals surface area contributed by atoms with Crippen LogP contribution in [0.25, 0.3) is 0 Å². The molecular weight excluding hydrogens is 364 g/mol. The first kappa shape index (κ1) is 23.7. The van der Waals surface area contributed by atoms with Crippen LogP contribution in [0.3, 0.4) is 0 Å². The van der Waals surface area contributed by atoms with Crippen LogP contribution in [0.4, 0.5) is 0 Å². The quantitative estimate of drug-likeness (QED) is 0.319. The van der Waals surface area contributed by atoms with E-state index < -0.39 is 12.1 Å². The van der Waals surface area contributed by atoms with Gasteiger partial charge >= 0.3 is 0 Å². The first-order chi connectivity index (χ1) is 13.4. The lowest BCUT2D eigenvalue weighted by atomic mass is 9.94. The molecule has 1 amide bonds. The average Bonchev–Trinajstić information content (AvgIpc) is 2.70. The van der Waals surface area contributed by atoms with Crippen molar-refractivity contribution < 1.29 is 28.8 Å². The molecule has 0 heterocycles. The Morgan fingerprint density at radius 3 is 2.68 bits per heavy atom. The summed E-state index contributed by atoms with van der Waals surface area (Å²) in [6, 6.07) is 4.54. The third-order valence-electron chi connectivity index (χ3n) is 4.13. The molecule has 1 aromatic carbocycles. The number of carbonyl (C=O) groups excluding carboxylic acids is 1. The van der Waals surface area contributed by atoms with Gasteiger partial charge in [-0.15, -0.1) is 0 Å². The number of rotatable bonds is 14. The molecule has 0 saturated carbocycles. The van der Waals surface area contributed by atoms with E-state index >= 15 is 0 Å². The van der Waals surface area contributed by atoms with Gasteiger partial charge in [-0.1, -0.05) is 19.6 Å². The Hall–Kier alpha value is -2.29. The molecule has 0 bridgehead atoms. The number of hydrogen-bond donors (Lipinski definition) is 3. The van der Waals surface area contributed by atoms with Crippen molar-refractivity contribution in [1.29, 1.82) is 0 Å². The average molecular weight is 396 g/mol. The Bertz CT molecular complexity index is 610. The number of nitrogens with two attached hydrogens (primary N) is 1. The highest BCUT2D eigenvalue weighted by molar-refractivity contribution is 5.75. The molecule has 8 heteroatoms. The molecule has 0 aromatic heterocycles. The topological polar surface area (TPSA) is 112 Å². The number of benzene rings is 1. The van der Waals surface area contributed by atoms with Crippen LogP contribution in [-0.4, -0.2) is 63.7 Å². The summed E-state index contributed by atoms with van der Waals surface area (Å²) >= 11 is 0. The minimum atomic E-state index is -0.940. The lowest BCUT2D eigenvalue weighted by molar-refractivity contribution is -0.121. The van der Waals surface area contributed by atoms with Crippen LogP contribution < -0.4 is 25.3 Å². The summed E-state index contributed by atoms with van der Waals surface area (Å²) in [4.78, 5) is 11.5. The molecule has 0 fully saturated rings. The molecule has 8 nitrogen and oxygen atoms in total. The Morgan fingerprint density at radius 2 is 2.04 bits per heavy atom. The van der Waals surface area contributed by atoms with E-state index in [9.17, 15) is 9.90 Å². The van der Waals surface area contributed by atoms with Crippen LogP contribution in [0.1, 0.15) is 13.3 Å². The molecule has 0 saturated heterocycles. The van der Waals surface area contributed by atoms with Crippen molar-refractivity contribution in [2.45, 2.75) is 25.5 Å². The second-order valence-corrected chi connectivity index (χ2v) is 6.36. The van der Waals surface area contributed by atoms with Gasteiger partial charge in [-0.3, -0.25) is 4.79 Å². The number of aliphatic hydroxyl groups excluding tert-OH is 1. The third kappa shape index (κ3) is 8.16. The van der Waals surface area contributed by atoms with Gasteiger partial charge in [-0.2, -0.15) is 0 Å². The van der Waals surface area contributed by atoms with Crippen LogP contribution in [0.15, 0.2) is 30.9 Å².